The highest BCUT2D eigenvalue weighted by atomic mass is 79.9. The normalized spacial score (nSPS) is 10.6. The number of nitrogens with one attached hydrogen (secondary N) is 1. The van der Waals surface area contributed by atoms with E-state index in [4.69, 9.17) is 0 Å². The molecule has 96 valence electrons. The Bertz CT molecular complexity index is 567. The fourth-order valence-corrected chi connectivity index (χ4v) is 1.72. The van der Waals surface area contributed by atoms with Gasteiger partial charge in [-0.25, -0.2) is 5.43 Å². The summed E-state index contributed by atoms with van der Waals surface area (Å²) in [5.74, 6) is -0.146. The van der Waals surface area contributed by atoms with Crippen LogP contribution in [0, 0.1) is 0 Å². The lowest BCUT2D eigenvalue weighted by Gasteiger charge is -2.00. The summed E-state index contributed by atoms with van der Waals surface area (Å²) in [4.78, 5) is 15.5. The van der Waals surface area contributed by atoms with Gasteiger partial charge in [0, 0.05) is 16.9 Å². The fourth-order valence-electron chi connectivity index (χ4n) is 1.46. The van der Waals surface area contributed by atoms with E-state index in [9.17, 15) is 4.79 Å². The average molecular weight is 318 g/mol. The number of hydrogen-bond acceptors (Lipinski definition) is 3. The van der Waals surface area contributed by atoms with Gasteiger partial charge in [0.25, 0.3) is 0 Å². The molecule has 1 N–H and O–H groups in total. The predicted molar refractivity (Wildman–Crippen MR) is 77.8 cm³/mol. The van der Waals surface area contributed by atoms with E-state index in [0.29, 0.717) is 6.42 Å². The molecule has 5 heteroatoms. The van der Waals surface area contributed by atoms with Crippen molar-refractivity contribution in [2.24, 2.45) is 5.10 Å². The third-order valence-corrected chi connectivity index (χ3v) is 2.92. The molecule has 0 saturated heterocycles. The van der Waals surface area contributed by atoms with E-state index in [0.717, 1.165) is 15.6 Å². The number of benzene rings is 1. The van der Waals surface area contributed by atoms with Crippen LogP contribution < -0.4 is 5.43 Å². The maximum absolute atomic E-state index is 11.6. The summed E-state index contributed by atoms with van der Waals surface area (Å²) in [5, 5.41) is 3.89. The molecule has 0 unspecified atom stereocenters. The molecule has 0 aliphatic rings. The van der Waals surface area contributed by atoms with Crippen LogP contribution in [0.5, 0.6) is 0 Å². The van der Waals surface area contributed by atoms with Crippen LogP contribution in [0.1, 0.15) is 11.1 Å². The SMILES string of the molecule is O=C(Cc1ccc(Br)cc1)N/N=C/c1ccncc1. The van der Waals surface area contributed by atoms with Gasteiger partial charge in [0.2, 0.25) is 5.91 Å². The third-order valence-electron chi connectivity index (χ3n) is 2.39. The van der Waals surface area contributed by atoms with Crippen molar-refractivity contribution in [1.29, 1.82) is 0 Å². The summed E-state index contributed by atoms with van der Waals surface area (Å²) >= 11 is 3.35. The maximum Gasteiger partial charge on any atom is 0.244 e. The minimum absolute atomic E-state index is 0.146. The molecule has 1 aromatic carbocycles. The first-order valence-corrected chi connectivity index (χ1v) is 6.50. The number of hydrogen-bond donors (Lipinski definition) is 1. The molecule has 0 saturated carbocycles. The summed E-state index contributed by atoms with van der Waals surface area (Å²) in [6.45, 7) is 0. The summed E-state index contributed by atoms with van der Waals surface area (Å²) in [7, 11) is 0. The zero-order valence-electron chi connectivity index (χ0n) is 10.1. The van der Waals surface area contributed by atoms with Gasteiger partial charge >= 0.3 is 0 Å². The Balaban J connectivity index is 1.85. The van der Waals surface area contributed by atoms with E-state index in [2.05, 4.69) is 31.4 Å². The molecule has 0 atom stereocenters. The van der Waals surface area contributed by atoms with Gasteiger partial charge in [-0.05, 0) is 35.4 Å². The summed E-state index contributed by atoms with van der Waals surface area (Å²) in [6, 6.07) is 11.2. The molecule has 2 rings (SSSR count). The Labute approximate surface area is 119 Å². The van der Waals surface area contributed by atoms with Gasteiger partial charge in [-0.15, -0.1) is 0 Å². The number of hydrazone groups is 1. The highest BCUT2D eigenvalue weighted by molar-refractivity contribution is 9.10. The maximum atomic E-state index is 11.6. The summed E-state index contributed by atoms with van der Waals surface area (Å²) in [6.07, 6.45) is 5.23. The van der Waals surface area contributed by atoms with Crippen LogP contribution >= 0.6 is 15.9 Å². The summed E-state index contributed by atoms with van der Waals surface area (Å²) < 4.78 is 0.993. The molecule has 0 spiro atoms. The number of aromatic nitrogens is 1. The van der Waals surface area contributed by atoms with Crippen LogP contribution in [0.25, 0.3) is 0 Å². The second kappa shape index (κ2) is 6.80. The van der Waals surface area contributed by atoms with E-state index in [1.54, 1.807) is 18.6 Å². The number of halogens is 1. The second-order valence-electron chi connectivity index (χ2n) is 3.88. The van der Waals surface area contributed by atoms with Crippen LogP contribution in [-0.2, 0) is 11.2 Å². The van der Waals surface area contributed by atoms with Gasteiger partial charge in [-0.1, -0.05) is 28.1 Å². The van der Waals surface area contributed by atoms with Crippen molar-refractivity contribution in [3.8, 4) is 0 Å². The van der Waals surface area contributed by atoms with E-state index in [1.165, 1.54) is 0 Å². The van der Waals surface area contributed by atoms with Crippen molar-refractivity contribution in [3.63, 3.8) is 0 Å². The fraction of sp³-hybridized carbons (Fsp3) is 0.0714. The average Bonchev–Trinajstić information content (AvgIpc) is 2.43. The van der Waals surface area contributed by atoms with Crippen LogP contribution in [-0.4, -0.2) is 17.1 Å². The molecular weight excluding hydrogens is 306 g/mol. The van der Waals surface area contributed by atoms with Crippen molar-refractivity contribution >= 4 is 28.1 Å². The topological polar surface area (TPSA) is 54.4 Å². The lowest BCUT2D eigenvalue weighted by atomic mass is 10.1. The number of amides is 1. The molecule has 1 heterocycles. The van der Waals surface area contributed by atoms with Crippen molar-refractivity contribution in [3.05, 3.63) is 64.4 Å². The Kier molecular flexibility index (Phi) is 4.80. The standard InChI is InChI=1S/C14H12BrN3O/c15-13-3-1-11(2-4-13)9-14(19)18-17-10-12-5-7-16-8-6-12/h1-8,10H,9H2,(H,18,19)/b17-10+. The Morgan fingerprint density at radius 2 is 1.89 bits per heavy atom. The molecule has 0 bridgehead atoms. The van der Waals surface area contributed by atoms with Crippen molar-refractivity contribution < 1.29 is 4.79 Å². The van der Waals surface area contributed by atoms with E-state index in [1.807, 2.05) is 36.4 Å². The molecular formula is C14H12BrN3O. The molecule has 0 fully saturated rings. The van der Waals surface area contributed by atoms with Gasteiger partial charge in [0.05, 0.1) is 12.6 Å². The minimum Gasteiger partial charge on any atom is -0.273 e. The zero-order chi connectivity index (χ0) is 13.5. The van der Waals surface area contributed by atoms with E-state index < -0.39 is 0 Å². The number of nitrogens with zero attached hydrogens (tertiary/aromatic N) is 2. The lowest BCUT2D eigenvalue weighted by molar-refractivity contribution is -0.120. The first-order chi connectivity index (χ1) is 9.24. The molecule has 0 radical (unpaired) electrons. The van der Waals surface area contributed by atoms with Gasteiger partial charge in [0.1, 0.15) is 0 Å². The molecule has 19 heavy (non-hydrogen) atoms. The first-order valence-electron chi connectivity index (χ1n) is 5.70. The Morgan fingerprint density at radius 1 is 1.21 bits per heavy atom. The van der Waals surface area contributed by atoms with Gasteiger partial charge in [-0.3, -0.25) is 9.78 Å². The van der Waals surface area contributed by atoms with Gasteiger partial charge < -0.3 is 0 Å². The molecule has 4 nitrogen and oxygen atoms in total. The molecule has 1 amide bonds. The van der Waals surface area contributed by atoms with E-state index >= 15 is 0 Å². The predicted octanol–water partition coefficient (Wildman–Crippen LogP) is 2.54. The second-order valence-corrected chi connectivity index (χ2v) is 4.79. The number of carbonyl (C=O) groups excluding carboxylic acids is 1. The zero-order valence-corrected chi connectivity index (χ0v) is 11.7. The minimum atomic E-state index is -0.146. The smallest absolute Gasteiger partial charge is 0.244 e. The van der Waals surface area contributed by atoms with Crippen molar-refractivity contribution in [1.82, 2.24) is 10.4 Å². The van der Waals surface area contributed by atoms with Gasteiger partial charge in [0.15, 0.2) is 0 Å². The highest BCUT2D eigenvalue weighted by Gasteiger charge is 2.01. The molecule has 0 aliphatic carbocycles. The largest absolute Gasteiger partial charge is 0.273 e. The third kappa shape index (κ3) is 4.63. The number of pyridine rings is 1. The highest BCUT2D eigenvalue weighted by Crippen LogP contribution is 2.10. The van der Waals surface area contributed by atoms with Gasteiger partial charge in [-0.2, -0.15) is 5.10 Å². The van der Waals surface area contributed by atoms with Crippen molar-refractivity contribution in [2.75, 3.05) is 0 Å². The Morgan fingerprint density at radius 3 is 2.58 bits per heavy atom. The lowest BCUT2D eigenvalue weighted by Crippen LogP contribution is -2.19. The molecule has 0 aliphatic heterocycles. The van der Waals surface area contributed by atoms with Crippen LogP contribution in [0.15, 0.2) is 58.4 Å². The van der Waals surface area contributed by atoms with E-state index in [-0.39, 0.29) is 5.91 Å². The quantitative estimate of drug-likeness (QED) is 0.696. The number of carbonyl (C=O) groups is 1. The number of rotatable bonds is 4. The molecule has 2 aromatic rings. The van der Waals surface area contributed by atoms with Crippen LogP contribution in [0.4, 0.5) is 0 Å². The van der Waals surface area contributed by atoms with Crippen molar-refractivity contribution in [2.45, 2.75) is 6.42 Å². The molecule has 1 aromatic heterocycles. The summed E-state index contributed by atoms with van der Waals surface area (Å²) in [5.41, 5.74) is 4.32. The monoisotopic (exact) mass is 317 g/mol. The van der Waals surface area contributed by atoms with Crippen LogP contribution in [0.2, 0.25) is 0 Å². The van der Waals surface area contributed by atoms with Crippen LogP contribution in [0.3, 0.4) is 0 Å². The first kappa shape index (κ1) is 13.4. The Hall–Kier alpha value is -2.01.